The summed E-state index contributed by atoms with van der Waals surface area (Å²) in [5, 5.41) is 0. The summed E-state index contributed by atoms with van der Waals surface area (Å²) in [6, 6.07) is 4.32. The van der Waals surface area contributed by atoms with Crippen LogP contribution in [0.3, 0.4) is 0 Å². The second-order valence-electron chi connectivity index (χ2n) is 5.22. The molecule has 1 aromatic rings. The van der Waals surface area contributed by atoms with Gasteiger partial charge in [-0.1, -0.05) is 18.2 Å². The molecule has 0 aliphatic heterocycles. The van der Waals surface area contributed by atoms with Gasteiger partial charge in [-0.25, -0.2) is 0 Å². The van der Waals surface area contributed by atoms with Crippen molar-refractivity contribution in [1.29, 1.82) is 0 Å². The molecule has 1 atom stereocenters. The maximum Gasteiger partial charge on any atom is 0.313 e. The summed E-state index contributed by atoms with van der Waals surface area (Å²) in [6.45, 7) is 8.51. The molecular formula is C17H22O2. The molecule has 2 nitrogen and oxygen atoms in total. The van der Waals surface area contributed by atoms with E-state index in [9.17, 15) is 4.79 Å². The van der Waals surface area contributed by atoms with Crippen LogP contribution in [0.5, 0.6) is 0 Å². The summed E-state index contributed by atoms with van der Waals surface area (Å²) in [6.07, 6.45) is 4.29. The third-order valence-electron chi connectivity index (χ3n) is 3.91. The lowest BCUT2D eigenvalue weighted by Crippen LogP contribution is -2.19. The number of aryl methyl sites for hydroxylation is 2. The third kappa shape index (κ3) is 2.58. The van der Waals surface area contributed by atoms with Crippen LogP contribution in [0.15, 0.2) is 18.2 Å². The number of hydrogen-bond donors (Lipinski definition) is 0. The molecule has 0 fully saturated rings. The summed E-state index contributed by atoms with van der Waals surface area (Å²) in [7, 11) is 0. The molecule has 0 spiro atoms. The van der Waals surface area contributed by atoms with Crippen LogP contribution in [-0.4, -0.2) is 12.6 Å². The highest BCUT2D eigenvalue weighted by molar-refractivity contribution is 5.90. The van der Waals surface area contributed by atoms with Gasteiger partial charge in [0.15, 0.2) is 0 Å². The van der Waals surface area contributed by atoms with E-state index >= 15 is 0 Å². The van der Waals surface area contributed by atoms with Crippen molar-refractivity contribution in [3.63, 3.8) is 0 Å². The molecule has 1 aliphatic carbocycles. The summed E-state index contributed by atoms with van der Waals surface area (Å²) in [5.74, 6) is -0.304. The number of carbonyl (C=O) groups is 1. The first-order chi connectivity index (χ1) is 9.06. The average Bonchev–Trinajstić information content (AvgIpc) is 2.42. The van der Waals surface area contributed by atoms with Crippen LogP contribution >= 0.6 is 0 Å². The minimum absolute atomic E-state index is 0.123. The highest BCUT2D eigenvalue weighted by Gasteiger charge is 2.25. The minimum atomic E-state index is -0.181. The second-order valence-corrected chi connectivity index (χ2v) is 5.22. The van der Waals surface area contributed by atoms with E-state index in [1.54, 1.807) is 0 Å². The Labute approximate surface area is 115 Å². The third-order valence-corrected chi connectivity index (χ3v) is 3.91. The van der Waals surface area contributed by atoms with Gasteiger partial charge in [0.25, 0.3) is 0 Å². The molecule has 2 heteroatoms. The minimum Gasteiger partial charge on any atom is -0.466 e. The van der Waals surface area contributed by atoms with E-state index in [2.05, 4.69) is 32.1 Å². The number of hydrogen-bond acceptors (Lipinski definition) is 2. The van der Waals surface area contributed by atoms with Gasteiger partial charge in [0, 0.05) is 0 Å². The van der Waals surface area contributed by atoms with Gasteiger partial charge in [-0.15, -0.1) is 0 Å². The summed E-state index contributed by atoms with van der Waals surface area (Å²) < 4.78 is 5.16. The summed E-state index contributed by atoms with van der Waals surface area (Å²) >= 11 is 0. The Morgan fingerprint density at radius 1 is 1.32 bits per heavy atom. The molecule has 0 amide bonds. The van der Waals surface area contributed by atoms with Gasteiger partial charge < -0.3 is 4.74 Å². The van der Waals surface area contributed by atoms with Crippen molar-refractivity contribution >= 4 is 11.5 Å². The molecule has 1 aliphatic rings. The predicted octanol–water partition coefficient (Wildman–Crippen LogP) is 3.83. The fourth-order valence-electron chi connectivity index (χ4n) is 2.85. The van der Waals surface area contributed by atoms with Crippen LogP contribution in [0.1, 0.15) is 42.5 Å². The van der Waals surface area contributed by atoms with Gasteiger partial charge in [0.2, 0.25) is 0 Å². The lowest BCUT2D eigenvalue weighted by atomic mass is 9.80. The zero-order chi connectivity index (χ0) is 14.0. The first kappa shape index (κ1) is 13.9. The van der Waals surface area contributed by atoms with Crippen LogP contribution in [0.2, 0.25) is 0 Å². The van der Waals surface area contributed by atoms with Gasteiger partial charge in [0.1, 0.15) is 0 Å². The molecule has 0 heterocycles. The number of carbonyl (C=O) groups excluding carboxylic acids is 1. The Hall–Kier alpha value is -1.57. The molecule has 2 rings (SSSR count). The van der Waals surface area contributed by atoms with Gasteiger partial charge in [-0.05, 0) is 68.4 Å². The van der Waals surface area contributed by atoms with Gasteiger partial charge in [0.05, 0.1) is 12.5 Å². The maximum absolute atomic E-state index is 12.0. The van der Waals surface area contributed by atoms with E-state index in [0.717, 1.165) is 18.4 Å². The van der Waals surface area contributed by atoms with Crippen LogP contribution in [-0.2, 0) is 16.0 Å². The second kappa shape index (κ2) is 5.60. The lowest BCUT2D eigenvalue weighted by molar-refractivity contribution is -0.145. The zero-order valence-electron chi connectivity index (χ0n) is 12.2. The molecule has 0 saturated heterocycles. The first-order valence-corrected chi connectivity index (χ1v) is 7.02. The molecule has 0 saturated carbocycles. The SMILES string of the molecule is CCOC(=O)[C@@H](C)C1=CCCc2c(C)ccc(C)c21. The fraction of sp³-hybridized carbons (Fsp3) is 0.471. The van der Waals surface area contributed by atoms with Crippen LogP contribution in [0.4, 0.5) is 0 Å². The largest absolute Gasteiger partial charge is 0.466 e. The van der Waals surface area contributed by atoms with Crippen molar-refractivity contribution in [2.45, 2.75) is 40.5 Å². The topological polar surface area (TPSA) is 26.3 Å². The molecule has 0 radical (unpaired) electrons. The van der Waals surface area contributed by atoms with Crippen molar-refractivity contribution in [3.05, 3.63) is 40.5 Å². The van der Waals surface area contributed by atoms with E-state index < -0.39 is 0 Å². The van der Waals surface area contributed by atoms with E-state index in [0.29, 0.717) is 6.61 Å². The van der Waals surface area contributed by atoms with E-state index in [1.165, 1.54) is 22.3 Å². The highest BCUT2D eigenvalue weighted by Crippen LogP contribution is 2.36. The zero-order valence-corrected chi connectivity index (χ0v) is 12.2. The summed E-state index contributed by atoms with van der Waals surface area (Å²) in [5.41, 5.74) is 6.38. The molecule has 0 unspecified atom stereocenters. The lowest BCUT2D eigenvalue weighted by Gasteiger charge is -2.25. The van der Waals surface area contributed by atoms with Crippen LogP contribution in [0.25, 0.3) is 5.57 Å². The fourth-order valence-corrected chi connectivity index (χ4v) is 2.85. The normalized spacial score (nSPS) is 15.5. The van der Waals surface area contributed by atoms with Crippen LogP contribution in [0, 0.1) is 19.8 Å². The molecule has 19 heavy (non-hydrogen) atoms. The van der Waals surface area contributed by atoms with Gasteiger partial charge >= 0.3 is 5.97 Å². The number of benzene rings is 1. The number of esters is 1. The average molecular weight is 258 g/mol. The number of rotatable bonds is 3. The highest BCUT2D eigenvalue weighted by atomic mass is 16.5. The van der Waals surface area contributed by atoms with Gasteiger partial charge in [-0.3, -0.25) is 4.79 Å². The number of fused-ring (bicyclic) bond motifs is 1. The Balaban J connectivity index is 2.43. The maximum atomic E-state index is 12.0. The van der Waals surface area contributed by atoms with E-state index in [-0.39, 0.29) is 11.9 Å². The molecule has 0 bridgehead atoms. The smallest absolute Gasteiger partial charge is 0.313 e. The molecular weight excluding hydrogens is 236 g/mol. The van der Waals surface area contributed by atoms with Crippen molar-refractivity contribution in [3.8, 4) is 0 Å². The standard InChI is InChI=1S/C17H22O2/c1-5-19-17(18)13(4)15-8-6-7-14-11(2)9-10-12(3)16(14)15/h8-10,13H,5-7H2,1-4H3/t13-/m0/s1. The number of allylic oxidation sites excluding steroid dienone is 1. The molecule has 0 N–H and O–H groups in total. The Morgan fingerprint density at radius 2 is 2.00 bits per heavy atom. The Morgan fingerprint density at radius 3 is 2.68 bits per heavy atom. The molecule has 102 valence electrons. The van der Waals surface area contributed by atoms with Crippen LogP contribution < -0.4 is 0 Å². The molecule has 1 aromatic carbocycles. The van der Waals surface area contributed by atoms with Gasteiger partial charge in [-0.2, -0.15) is 0 Å². The van der Waals surface area contributed by atoms with Crippen molar-refractivity contribution in [1.82, 2.24) is 0 Å². The number of ether oxygens (including phenoxy) is 1. The predicted molar refractivity (Wildman–Crippen MR) is 78.0 cm³/mol. The first-order valence-electron chi connectivity index (χ1n) is 7.02. The Kier molecular flexibility index (Phi) is 4.08. The van der Waals surface area contributed by atoms with Crippen molar-refractivity contribution < 1.29 is 9.53 Å². The van der Waals surface area contributed by atoms with E-state index in [4.69, 9.17) is 4.74 Å². The molecule has 0 aromatic heterocycles. The monoisotopic (exact) mass is 258 g/mol. The Bertz CT molecular complexity index is 526. The van der Waals surface area contributed by atoms with Crippen molar-refractivity contribution in [2.75, 3.05) is 6.61 Å². The quantitative estimate of drug-likeness (QED) is 0.770. The van der Waals surface area contributed by atoms with Crippen molar-refractivity contribution in [2.24, 2.45) is 5.92 Å². The summed E-state index contributed by atoms with van der Waals surface area (Å²) in [4.78, 5) is 12.0. The van der Waals surface area contributed by atoms with E-state index in [1.807, 2.05) is 13.8 Å².